The molecular weight excluding hydrogens is 240 g/mol. The maximum atomic E-state index is 10.8. The van der Waals surface area contributed by atoms with Gasteiger partial charge in [-0.25, -0.2) is 13.1 Å². The molecule has 0 amide bonds. The predicted molar refractivity (Wildman–Crippen MR) is 67.3 cm³/mol. The second-order valence-corrected chi connectivity index (χ2v) is 5.99. The highest BCUT2D eigenvalue weighted by atomic mass is 32.2. The van der Waals surface area contributed by atoms with E-state index in [-0.39, 0.29) is 0 Å². The molecule has 1 aromatic rings. The minimum Gasteiger partial charge on any atom is -0.469 e. The lowest BCUT2D eigenvalue weighted by Crippen LogP contribution is -2.31. The Labute approximate surface area is 103 Å². The Morgan fingerprint density at radius 2 is 2.18 bits per heavy atom. The minimum absolute atomic E-state index is 0.319. The van der Waals surface area contributed by atoms with Crippen LogP contribution < -0.4 is 10.0 Å². The van der Waals surface area contributed by atoms with Crippen molar-refractivity contribution < 1.29 is 12.8 Å². The summed E-state index contributed by atoms with van der Waals surface area (Å²) < 4.78 is 29.3. The van der Waals surface area contributed by atoms with E-state index in [2.05, 4.69) is 17.0 Å². The summed E-state index contributed by atoms with van der Waals surface area (Å²) in [6.07, 6.45) is 4.44. The molecule has 1 aromatic heterocycles. The summed E-state index contributed by atoms with van der Waals surface area (Å²) >= 11 is 0. The molecule has 98 valence electrons. The fourth-order valence-electron chi connectivity index (χ4n) is 1.50. The third-order valence-corrected chi connectivity index (χ3v) is 3.03. The van der Waals surface area contributed by atoms with Crippen LogP contribution in [0.5, 0.6) is 0 Å². The van der Waals surface area contributed by atoms with Gasteiger partial charge in [0.2, 0.25) is 10.0 Å². The summed E-state index contributed by atoms with van der Waals surface area (Å²) in [6, 6.07) is 4.14. The molecule has 0 fully saturated rings. The highest BCUT2D eigenvalue weighted by Crippen LogP contribution is 2.03. The van der Waals surface area contributed by atoms with Gasteiger partial charge in [-0.3, -0.25) is 0 Å². The molecule has 0 aliphatic carbocycles. The molecule has 6 heteroatoms. The highest BCUT2D eigenvalue weighted by molar-refractivity contribution is 7.88. The van der Waals surface area contributed by atoms with E-state index in [0.717, 1.165) is 25.1 Å². The summed E-state index contributed by atoms with van der Waals surface area (Å²) in [6.45, 7) is 3.33. The molecule has 1 rings (SSSR count). The molecule has 0 saturated carbocycles. The monoisotopic (exact) mass is 260 g/mol. The smallest absolute Gasteiger partial charge is 0.208 e. The first kappa shape index (κ1) is 14.2. The van der Waals surface area contributed by atoms with Crippen molar-refractivity contribution in [2.24, 2.45) is 0 Å². The normalized spacial score (nSPS) is 13.8. The summed E-state index contributed by atoms with van der Waals surface area (Å²) in [5.74, 6) is 0.958. The van der Waals surface area contributed by atoms with Crippen molar-refractivity contribution in [1.82, 2.24) is 10.0 Å². The standard InChI is InChI=1S/C11H20N2O3S/c1-10(9-11-5-3-8-16-11)12-6-4-7-13-17(2,14)15/h3,5,8,10,12-13H,4,6-7,9H2,1-2H3. The van der Waals surface area contributed by atoms with Gasteiger partial charge < -0.3 is 9.73 Å². The zero-order valence-corrected chi connectivity index (χ0v) is 11.1. The molecule has 1 unspecified atom stereocenters. The van der Waals surface area contributed by atoms with Crippen LogP contribution in [0.3, 0.4) is 0 Å². The second-order valence-electron chi connectivity index (χ2n) is 4.16. The van der Waals surface area contributed by atoms with Crippen LogP contribution in [0.15, 0.2) is 22.8 Å². The van der Waals surface area contributed by atoms with Crippen molar-refractivity contribution in [2.75, 3.05) is 19.3 Å². The zero-order chi connectivity index (χ0) is 12.7. The fourth-order valence-corrected chi connectivity index (χ4v) is 2.01. The van der Waals surface area contributed by atoms with Gasteiger partial charge in [0.05, 0.1) is 12.5 Å². The third kappa shape index (κ3) is 7.14. The topological polar surface area (TPSA) is 71.3 Å². The van der Waals surface area contributed by atoms with Gasteiger partial charge in [-0.15, -0.1) is 0 Å². The van der Waals surface area contributed by atoms with Gasteiger partial charge in [0.1, 0.15) is 5.76 Å². The first-order valence-corrected chi connectivity index (χ1v) is 7.57. The van der Waals surface area contributed by atoms with Gasteiger partial charge in [-0.2, -0.15) is 0 Å². The molecule has 0 aromatic carbocycles. The number of hydrogen-bond donors (Lipinski definition) is 2. The second kappa shape index (κ2) is 6.78. The van der Waals surface area contributed by atoms with E-state index in [0.29, 0.717) is 12.6 Å². The van der Waals surface area contributed by atoms with Crippen LogP contribution in [0.4, 0.5) is 0 Å². The van der Waals surface area contributed by atoms with E-state index < -0.39 is 10.0 Å². The van der Waals surface area contributed by atoms with Crippen molar-refractivity contribution in [1.29, 1.82) is 0 Å². The average molecular weight is 260 g/mol. The fraction of sp³-hybridized carbons (Fsp3) is 0.636. The Balaban J connectivity index is 2.06. The SMILES string of the molecule is CC(Cc1ccco1)NCCCNS(C)(=O)=O. The van der Waals surface area contributed by atoms with E-state index in [1.54, 1.807) is 6.26 Å². The van der Waals surface area contributed by atoms with Crippen LogP contribution in [0, 0.1) is 0 Å². The summed E-state index contributed by atoms with van der Waals surface area (Å²) in [4.78, 5) is 0. The van der Waals surface area contributed by atoms with Gasteiger partial charge in [-0.1, -0.05) is 0 Å². The van der Waals surface area contributed by atoms with Crippen LogP contribution in [0.2, 0.25) is 0 Å². The number of rotatable bonds is 8. The quantitative estimate of drug-likeness (QED) is 0.676. The predicted octanol–water partition coefficient (Wildman–Crippen LogP) is 0.740. The van der Waals surface area contributed by atoms with Crippen molar-refractivity contribution >= 4 is 10.0 Å². The Morgan fingerprint density at radius 3 is 2.76 bits per heavy atom. The molecular formula is C11H20N2O3S. The lowest BCUT2D eigenvalue weighted by molar-refractivity contribution is 0.454. The molecule has 0 saturated heterocycles. The van der Waals surface area contributed by atoms with E-state index in [9.17, 15) is 8.42 Å². The summed E-state index contributed by atoms with van der Waals surface area (Å²) in [5, 5.41) is 3.31. The Kier molecular flexibility index (Phi) is 5.67. The van der Waals surface area contributed by atoms with Crippen molar-refractivity contribution in [3.8, 4) is 0 Å². The Hall–Kier alpha value is -0.850. The Bertz CT molecular complexity index is 400. The van der Waals surface area contributed by atoms with Crippen LogP contribution >= 0.6 is 0 Å². The largest absolute Gasteiger partial charge is 0.469 e. The molecule has 5 nitrogen and oxygen atoms in total. The van der Waals surface area contributed by atoms with Crippen molar-refractivity contribution in [2.45, 2.75) is 25.8 Å². The maximum absolute atomic E-state index is 10.8. The molecule has 0 bridgehead atoms. The van der Waals surface area contributed by atoms with E-state index in [4.69, 9.17) is 4.42 Å². The van der Waals surface area contributed by atoms with Crippen LogP contribution in [0.1, 0.15) is 19.1 Å². The van der Waals surface area contributed by atoms with Gasteiger partial charge in [-0.05, 0) is 32.0 Å². The lowest BCUT2D eigenvalue weighted by atomic mass is 10.2. The Morgan fingerprint density at radius 1 is 1.41 bits per heavy atom. The van der Waals surface area contributed by atoms with Gasteiger partial charge >= 0.3 is 0 Å². The van der Waals surface area contributed by atoms with Gasteiger partial charge in [0, 0.05) is 19.0 Å². The van der Waals surface area contributed by atoms with E-state index in [1.165, 1.54) is 6.26 Å². The highest BCUT2D eigenvalue weighted by Gasteiger charge is 2.04. The number of hydrogen-bond acceptors (Lipinski definition) is 4. The molecule has 0 aliphatic rings. The van der Waals surface area contributed by atoms with Crippen molar-refractivity contribution in [3.63, 3.8) is 0 Å². The van der Waals surface area contributed by atoms with Crippen molar-refractivity contribution in [3.05, 3.63) is 24.2 Å². The maximum Gasteiger partial charge on any atom is 0.208 e. The van der Waals surface area contributed by atoms with Crippen LogP contribution in [0.25, 0.3) is 0 Å². The van der Waals surface area contributed by atoms with E-state index >= 15 is 0 Å². The molecule has 17 heavy (non-hydrogen) atoms. The minimum atomic E-state index is -3.06. The number of nitrogens with one attached hydrogen (secondary N) is 2. The summed E-state index contributed by atoms with van der Waals surface area (Å²) in [7, 11) is -3.06. The average Bonchev–Trinajstić information content (AvgIpc) is 2.68. The van der Waals surface area contributed by atoms with Gasteiger partial charge in [0.15, 0.2) is 0 Å². The zero-order valence-electron chi connectivity index (χ0n) is 10.3. The van der Waals surface area contributed by atoms with Crippen LogP contribution in [-0.2, 0) is 16.4 Å². The third-order valence-electron chi connectivity index (χ3n) is 2.30. The molecule has 1 atom stereocenters. The number of sulfonamides is 1. The number of furan rings is 1. The first-order chi connectivity index (χ1) is 7.97. The molecule has 2 N–H and O–H groups in total. The first-order valence-electron chi connectivity index (χ1n) is 5.68. The molecule has 1 heterocycles. The molecule has 0 radical (unpaired) electrons. The molecule has 0 spiro atoms. The van der Waals surface area contributed by atoms with Gasteiger partial charge in [0.25, 0.3) is 0 Å². The summed E-state index contributed by atoms with van der Waals surface area (Å²) in [5.41, 5.74) is 0. The van der Waals surface area contributed by atoms with E-state index in [1.807, 2.05) is 12.1 Å². The van der Waals surface area contributed by atoms with Crippen LogP contribution in [-0.4, -0.2) is 33.8 Å². The molecule has 0 aliphatic heterocycles. The lowest BCUT2D eigenvalue weighted by Gasteiger charge is -2.12.